The molecule has 148 valence electrons. The van der Waals surface area contributed by atoms with E-state index in [0.29, 0.717) is 0 Å². The molecule has 1 rings (SSSR count). The molecule has 0 amide bonds. The van der Waals surface area contributed by atoms with Crippen molar-refractivity contribution in [1.82, 2.24) is 15.5 Å². The second kappa shape index (κ2) is 14.7. The molecule has 2 N–H and O–H groups in total. The van der Waals surface area contributed by atoms with Crippen LogP contribution in [0.1, 0.15) is 32.3 Å². The molecule has 0 radical (unpaired) electrons. The lowest BCUT2D eigenvalue weighted by molar-refractivity contribution is 0.223. The van der Waals surface area contributed by atoms with Gasteiger partial charge in [0.25, 0.3) is 0 Å². The van der Waals surface area contributed by atoms with Gasteiger partial charge in [0, 0.05) is 26.7 Å². The molecule has 0 aliphatic rings. The Morgan fingerprint density at radius 1 is 1.12 bits per heavy atom. The Morgan fingerprint density at radius 2 is 1.85 bits per heavy atom. The van der Waals surface area contributed by atoms with Gasteiger partial charge < -0.3 is 20.3 Å². The predicted molar refractivity (Wildman–Crippen MR) is 116 cm³/mol. The standard InChI is InChI=1S/C20H36N4OS/c1-5-24(6-2)14-15-25-19-11-9-18(10-12-19)17-23-20(21-3)22-13-7-8-16-26-4/h9-12H,5-8,13-17H2,1-4H3,(H2,21,22,23). The van der Waals surface area contributed by atoms with Gasteiger partial charge in [-0.2, -0.15) is 11.8 Å². The van der Waals surface area contributed by atoms with Gasteiger partial charge in [0.15, 0.2) is 5.96 Å². The first-order chi connectivity index (χ1) is 12.7. The molecule has 0 fully saturated rings. The zero-order valence-electron chi connectivity index (χ0n) is 16.9. The van der Waals surface area contributed by atoms with E-state index < -0.39 is 0 Å². The minimum absolute atomic E-state index is 0.729. The second-order valence-electron chi connectivity index (χ2n) is 6.07. The molecule has 6 heteroatoms. The van der Waals surface area contributed by atoms with Gasteiger partial charge in [0.1, 0.15) is 12.4 Å². The van der Waals surface area contributed by atoms with Crippen molar-refractivity contribution in [2.24, 2.45) is 4.99 Å². The molecule has 0 bridgehead atoms. The lowest BCUT2D eigenvalue weighted by atomic mass is 10.2. The van der Waals surface area contributed by atoms with Gasteiger partial charge >= 0.3 is 0 Å². The fraction of sp³-hybridized carbons (Fsp3) is 0.650. The van der Waals surface area contributed by atoms with E-state index in [0.717, 1.165) is 51.0 Å². The van der Waals surface area contributed by atoms with E-state index in [2.05, 4.69) is 52.8 Å². The van der Waals surface area contributed by atoms with Crippen molar-refractivity contribution in [3.05, 3.63) is 29.8 Å². The van der Waals surface area contributed by atoms with Crippen LogP contribution in [0.4, 0.5) is 0 Å². The van der Waals surface area contributed by atoms with E-state index in [1.165, 1.54) is 24.2 Å². The van der Waals surface area contributed by atoms with Crippen LogP contribution in [0, 0.1) is 0 Å². The van der Waals surface area contributed by atoms with E-state index in [-0.39, 0.29) is 0 Å². The van der Waals surface area contributed by atoms with Crippen molar-refractivity contribution >= 4 is 17.7 Å². The first-order valence-electron chi connectivity index (χ1n) is 9.61. The number of unbranched alkanes of at least 4 members (excludes halogenated alkanes) is 1. The maximum Gasteiger partial charge on any atom is 0.191 e. The Bertz CT molecular complexity index is 489. The number of guanidine groups is 1. The number of thioether (sulfide) groups is 1. The van der Waals surface area contributed by atoms with E-state index in [9.17, 15) is 0 Å². The Morgan fingerprint density at radius 3 is 2.46 bits per heavy atom. The van der Waals surface area contributed by atoms with Gasteiger partial charge in [-0.3, -0.25) is 4.99 Å². The van der Waals surface area contributed by atoms with Crippen LogP contribution in [0.3, 0.4) is 0 Å². The van der Waals surface area contributed by atoms with Crippen LogP contribution in [-0.4, -0.2) is 62.7 Å². The van der Waals surface area contributed by atoms with Gasteiger partial charge in [0.2, 0.25) is 0 Å². The number of benzene rings is 1. The zero-order chi connectivity index (χ0) is 19.0. The van der Waals surface area contributed by atoms with Crippen LogP contribution >= 0.6 is 11.8 Å². The van der Waals surface area contributed by atoms with E-state index in [4.69, 9.17) is 4.74 Å². The molecule has 0 spiro atoms. The molecular weight excluding hydrogens is 344 g/mol. The number of rotatable bonds is 13. The largest absolute Gasteiger partial charge is 0.492 e. The minimum Gasteiger partial charge on any atom is -0.492 e. The molecular formula is C20H36N4OS. The molecule has 0 heterocycles. The smallest absolute Gasteiger partial charge is 0.191 e. The number of hydrogen-bond donors (Lipinski definition) is 2. The summed E-state index contributed by atoms with van der Waals surface area (Å²) in [5.74, 6) is 3.00. The summed E-state index contributed by atoms with van der Waals surface area (Å²) in [4.78, 5) is 6.63. The predicted octanol–water partition coefficient (Wildman–Crippen LogP) is 3.22. The van der Waals surface area contributed by atoms with E-state index in [1.54, 1.807) is 0 Å². The summed E-state index contributed by atoms with van der Waals surface area (Å²) >= 11 is 1.90. The minimum atomic E-state index is 0.729. The monoisotopic (exact) mass is 380 g/mol. The Hall–Kier alpha value is -1.40. The van der Waals surface area contributed by atoms with Crippen molar-refractivity contribution in [2.45, 2.75) is 33.2 Å². The highest BCUT2D eigenvalue weighted by Gasteiger charge is 2.01. The SMILES string of the molecule is CCN(CC)CCOc1ccc(CNC(=NC)NCCCCSC)cc1. The van der Waals surface area contributed by atoms with Crippen molar-refractivity contribution in [3.63, 3.8) is 0 Å². The van der Waals surface area contributed by atoms with Crippen molar-refractivity contribution < 1.29 is 4.74 Å². The lowest BCUT2D eigenvalue weighted by Crippen LogP contribution is -2.37. The molecule has 0 atom stereocenters. The van der Waals surface area contributed by atoms with Gasteiger partial charge in [-0.15, -0.1) is 0 Å². The number of nitrogens with one attached hydrogen (secondary N) is 2. The summed E-state index contributed by atoms with van der Waals surface area (Å²) < 4.78 is 5.83. The lowest BCUT2D eigenvalue weighted by Gasteiger charge is -2.18. The van der Waals surface area contributed by atoms with Crippen molar-refractivity contribution in [3.8, 4) is 5.75 Å². The van der Waals surface area contributed by atoms with Crippen LogP contribution in [0.25, 0.3) is 0 Å². The summed E-state index contributed by atoms with van der Waals surface area (Å²) in [5, 5.41) is 6.72. The topological polar surface area (TPSA) is 48.9 Å². The van der Waals surface area contributed by atoms with Crippen LogP contribution in [0.15, 0.2) is 29.3 Å². The Kier molecular flexibility index (Phi) is 12.8. The van der Waals surface area contributed by atoms with Crippen LogP contribution in [0.5, 0.6) is 5.75 Å². The second-order valence-corrected chi connectivity index (χ2v) is 7.06. The summed E-state index contributed by atoms with van der Waals surface area (Å²) in [6.07, 6.45) is 4.55. The molecule has 0 saturated carbocycles. The Balaban J connectivity index is 2.28. The van der Waals surface area contributed by atoms with Crippen LogP contribution in [-0.2, 0) is 6.54 Å². The van der Waals surface area contributed by atoms with Gasteiger partial charge in [-0.1, -0.05) is 26.0 Å². The number of ether oxygens (including phenoxy) is 1. The highest BCUT2D eigenvalue weighted by Crippen LogP contribution is 2.12. The summed E-state index contributed by atoms with van der Waals surface area (Å²) in [5.41, 5.74) is 1.21. The van der Waals surface area contributed by atoms with E-state index >= 15 is 0 Å². The highest BCUT2D eigenvalue weighted by atomic mass is 32.2. The summed E-state index contributed by atoms with van der Waals surface area (Å²) in [6.45, 7) is 9.90. The van der Waals surface area contributed by atoms with Gasteiger partial charge in [0.05, 0.1) is 0 Å². The van der Waals surface area contributed by atoms with Crippen LogP contribution in [0.2, 0.25) is 0 Å². The highest BCUT2D eigenvalue weighted by molar-refractivity contribution is 7.98. The maximum absolute atomic E-state index is 5.83. The molecule has 26 heavy (non-hydrogen) atoms. The van der Waals surface area contributed by atoms with Crippen LogP contribution < -0.4 is 15.4 Å². The third kappa shape index (κ3) is 9.92. The molecule has 0 aliphatic carbocycles. The third-order valence-corrected chi connectivity index (χ3v) is 4.94. The average molecular weight is 381 g/mol. The molecule has 1 aromatic rings. The first kappa shape index (κ1) is 22.6. The number of hydrogen-bond acceptors (Lipinski definition) is 4. The van der Waals surface area contributed by atoms with Gasteiger partial charge in [-0.25, -0.2) is 0 Å². The fourth-order valence-electron chi connectivity index (χ4n) is 2.52. The fourth-order valence-corrected chi connectivity index (χ4v) is 3.01. The maximum atomic E-state index is 5.83. The quantitative estimate of drug-likeness (QED) is 0.313. The van der Waals surface area contributed by atoms with Crippen molar-refractivity contribution in [2.75, 3.05) is 51.8 Å². The number of nitrogens with zero attached hydrogens (tertiary/aromatic N) is 2. The molecule has 0 unspecified atom stereocenters. The normalized spacial score (nSPS) is 11.7. The first-order valence-corrected chi connectivity index (χ1v) is 11.0. The van der Waals surface area contributed by atoms with Gasteiger partial charge in [-0.05, 0) is 55.6 Å². The molecule has 5 nitrogen and oxygen atoms in total. The summed E-state index contributed by atoms with van der Waals surface area (Å²) in [6, 6.07) is 8.28. The molecule has 0 aromatic heterocycles. The zero-order valence-corrected chi connectivity index (χ0v) is 17.7. The number of aliphatic imine (C=N–C) groups is 1. The number of likely N-dealkylation sites (N-methyl/N-ethyl adjacent to an activating group) is 1. The molecule has 0 saturated heterocycles. The Labute approximate surface area is 164 Å². The molecule has 0 aliphatic heterocycles. The average Bonchev–Trinajstić information content (AvgIpc) is 2.68. The van der Waals surface area contributed by atoms with E-state index in [1.807, 2.05) is 30.9 Å². The summed E-state index contributed by atoms with van der Waals surface area (Å²) in [7, 11) is 1.81. The third-order valence-electron chi connectivity index (χ3n) is 4.25. The van der Waals surface area contributed by atoms with Crippen molar-refractivity contribution in [1.29, 1.82) is 0 Å². The molecule has 1 aromatic carbocycles.